The molecule has 1 aliphatic rings. The van der Waals surface area contributed by atoms with E-state index in [1.165, 1.54) is 10.6 Å². The van der Waals surface area contributed by atoms with Gasteiger partial charge in [0.2, 0.25) is 0 Å². The van der Waals surface area contributed by atoms with E-state index in [1.807, 2.05) is 47.4 Å². The molecule has 1 atom stereocenters. The summed E-state index contributed by atoms with van der Waals surface area (Å²) < 4.78 is 31.7. The van der Waals surface area contributed by atoms with Gasteiger partial charge < -0.3 is 10.6 Å². The molecule has 0 radical (unpaired) electrons. The molecular weight excluding hydrogens is 538 g/mol. The van der Waals surface area contributed by atoms with Crippen LogP contribution in [0.4, 0.5) is 14.5 Å². The molecule has 1 fully saturated rings. The molecule has 1 saturated heterocycles. The molecule has 0 saturated carbocycles. The highest BCUT2D eigenvalue weighted by molar-refractivity contribution is 5.50. The van der Waals surface area contributed by atoms with E-state index in [-0.39, 0.29) is 18.7 Å². The third-order valence-corrected chi connectivity index (χ3v) is 7.82. The zero-order valence-corrected chi connectivity index (χ0v) is 23.3. The topological polar surface area (TPSA) is 100 Å². The maximum Gasteiger partial charge on any atom is 0.331 e. The lowest BCUT2D eigenvalue weighted by molar-refractivity contribution is 0.249. The molecule has 8 nitrogen and oxygen atoms in total. The van der Waals surface area contributed by atoms with Crippen LogP contribution in [0.3, 0.4) is 0 Å². The third-order valence-electron chi connectivity index (χ3n) is 7.82. The summed E-state index contributed by atoms with van der Waals surface area (Å²) >= 11 is 0. The summed E-state index contributed by atoms with van der Waals surface area (Å²) in [6.45, 7) is 4.23. The van der Waals surface area contributed by atoms with Crippen LogP contribution in [-0.4, -0.2) is 40.2 Å². The standard InChI is InChI=1S/C32H32F2N6O2/c1-22-30(38-16-14-37(15-17-38)19-24-12-10-23(18-35)11-13-24)31(41)40(21-29(36)25-6-3-2-4-7-25)32(42)39(22)20-26-27(33)8-5-9-28(26)34/h2-13,29H,14-17,19-21,36H2,1H3/t29-/m0/s1. The van der Waals surface area contributed by atoms with Crippen molar-refractivity contribution in [3.05, 3.63) is 133 Å². The highest BCUT2D eigenvalue weighted by Gasteiger charge is 2.26. The lowest BCUT2D eigenvalue weighted by Crippen LogP contribution is -2.51. The molecule has 0 bridgehead atoms. The van der Waals surface area contributed by atoms with Gasteiger partial charge in [-0.25, -0.2) is 13.6 Å². The van der Waals surface area contributed by atoms with Gasteiger partial charge in [0.25, 0.3) is 5.56 Å². The molecule has 42 heavy (non-hydrogen) atoms. The minimum atomic E-state index is -0.766. The summed E-state index contributed by atoms with van der Waals surface area (Å²) in [7, 11) is 0. The SMILES string of the molecule is Cc1c(N2CCN(Cc3ccc(C#N)cc3)CC2)c(=O)n(C[C@H](N)c2ccccc2)c(=O)n1Cc1c(F)cccc1F. The van der Waals surface area contributed by atoms with Crippen LogP contribution in [0.1, 0.15) is 34.0 Å². The van der Waals surface area contributed by atoms with Gasteiger partial charge in [0.1, 0.15) is 17.3 Å². The molecular formula is C32H32F2N6O2. The Hall–Kier alpha value is -4.59. The van der Waals surface area contributed by atoms with Crippen molar-refractivity contribution in [2.45, 2.75) is 32.6 Å². The van der Waals surface area contributed by atoms with Crippen LogP contribution < -0.4 is 21.9 Å². The van der Waals surface area contributed by atoms with Crippen molar-refractivity contribution in [2.24, 2.45) is 5.73 Å². The fraction of sp³-hybridized carbons (Fsp3) is 0.281. The number of hydrogen-bond donors (Lipinski definition) is 1. The first-order chi connectivity index (χ1) is 20.3. The number of nitrogens with two attached hydrogens (primary N) is 1. The van der Waals surface area contributed by atoms with Crippen molar-refractivity contribution in [2.75, 3.05) is 31.1 Å². The Morgan fingerprint density at radius 2 is 1.50 bits per heavy atom. The Kier molecular flexibility index (Phi) is 8.61. The lowest BCUT2D eigenvalue weighted by Gasteiger charge is -2.37. The molecule has 0 aliphatic carbocycles. The van der Waals surface area contributed by atoms with Crippen LogP contribution in [0.2, 0.25) is 0 Å². The van der Waals surface area contributed by atoms with Gasteiger partial charge in [-0.1, -0.05) is 48.5 Å². The number of hydrogen-bond acceptors (Lipinski definition) is 6. The van der Waals surface area contributed by atoms with Gasteiger partial charge >= 0.3 is 5.69 Å². The van der Waals surface area contributed by atoms with Crippen molar-refractivity contribution in [3.63, 3.8) is 0 Å². The normalized spacial score (nSPS) is 14.5. The Bertz CT molecular complexity index is 1700. The van der Waals surface area contributed by atoms with Crippen LogP contribution >= 0.6 is 0 Å². The molecule has 216 valence electrons. The second-order valence-corrected chi connectivity index (χ2v) is 10.5. The molecule has 4 aromatic rings. The van der Waals surface area contributed by atoms with Gasteiger partial charge in [0, 0.05) is 50.0 Å². The van der Waals surface area contributed by atoms with Crippen LogP contribution in [-0.2, 0) is 19.6 Å². The number of nitriles is 1. The lowest BCUT2D eigenvalue weighted by atomic mass is 10.1. The van der Waals surface area contributed by atoms with E-state index in [0.29, 0.717) is 49.7 Å². The van der Waals surface area contributed by atoms with Crippen molar-refractivity contribution in [3.8, 4) is 6.07 Å². The summed E-state index contributed by atoms with van der Waals surface area (Å²) in [5, 5.41) is 9.05. The summed E-state index contributed by atoms with van der Waals surface area (Å²) in [5.41, 5.74) is 8.14. The Morgan fingerprint density at radius 1 is 0.857 bits per heavy atom. The molecule has 2 N–H and O–H groups in total. The first kappa shape index (κ1) is 28.9. The predicted molar refractivity (Wildman–Crippen MR) is 157 cm³/mol. The largest absolute Gasteiger partial charge is 0.363 e. The third kappa shape index (κ3) is 6.03. The van der Waals surface area contributed by atoms with E-state index in [1.54, 1.807) is 19.1 Å². The summed E-state index contributed by atoms with van der Waals surface area (Å²) in [4.78, 5) is 31.8. The van der Waals surface area contributed by atoms with E-state index < -0.39 is 28.9 Å². The molecule has 0 spiro atoms. The summed E-state index contributed by atoms with van der Waals surface area (Å²) in [5.74, 6) is -1.53. The van der Waals surface area contributed by atoms with Crippen molar-refractivity contribution < 1.29 is 8.78 Å². The van der Waals surface area contributed by atoms with E-state index in [2.05, 4.69) is 11.0 Å². The van der Waals surface area contributed by atoms with Crippen LogP contribution in [0.15, 0.2) is 82.4 Å². The molecule has 1 aliphatic heterocycles. The molecule has 3 aromatic carbocycles. The zero-order chi connectivity index (χ0) is 29.8. The number of anilines is 1. The van der Waals surface area contributed by atoms with Gasteiger partial charge in [0.15, 0.2) is 0 Å². The number of nitrogens with zero attached hydrogens (tertiary/aromatic N) is 5. The van der Waals surface area contributed by atoms with Crippen molar-refractivity contribution in [1.82, 2.24) is 14.0 Å². The number of aromatic nitrogens is 2. The van der Waals surface area contributed by atoms with E-state index in [4.69, 9.17) is 11.0 Å². The van der Waals surface area contributed by atoms with Crippen LogP contribution in [0, 0.1) is 29.9 Å². The fourth-order valence-corrected chi connectivity index (χ4v) is 5.41. The summed E-state index contributed by atoms with van der Waals surface area (Å²) in [6, 6.07) is 21.6. The fourth-order valence-electron chi connectivity index (χ4n) is 5.41. The van der Waals surface area contributed by atoms with E-state index in [0.717, 1.165) is 27.8 Å². The molecule has 0 amide bonds. The van der Waals surface area contributed by atoms with Gasteiger partial charge in [-0.3, -0.25) is 18.8 Å². The maximum atomic E-state index is 14.7. The first-order valence-electron chi connectivity index (χ1n) is 13.8. The van der Waals surface area contributed by atoms with Crippen LogP contribution in [0.25, 0.3) is 0 Å². The van der Waals surface area contributed by atoms with Gasteiger partial charge in [0.05, 0.1) is 24.7 Å². The Morgan fingerprint density at radius 3 is 2.12 bits per heavy atom. The second-order valence-electron chi connectivity index (χ2n) is 10.5. The van der Waals surface area contributed by atoms with Crippen LogP contribution in [0.5, 0.6) is 0 Å². The maximum absolute atomic E-state index is 14.7. The molecule has 2 heterocycles. The van der Waals surface area contributed by atoms with Crippen molar-refractivity contribution >= 4 is 5.69 Å². The van der Waals surface area contributed by atoms with E-state index in [9.17, 15) is 18.4 Å². The van der Waals surface area contributed by atoms with Gasteiger partial charge in [-0.2, -0.15) is 5.26 Å². The van der Waals surface area contributed by atoms with Crippen molar-refractivity contribution in [1.29, 1.82) is 5.26 Å². The molecule has 0 unspecified atom stereocenters. The van der Waals surface area contributed by atoms with Gasteiger partial charge in [-0.05, 0) is 42.3 Å². The minimum absolute atomic E-state index is 0.0899. The zero-order valence-electron chi connectivity index (χ0n) is 23.3. The monoisotopic (exact) mass is 570 g/mol. The number of halogens is 2. The summed E-state index contributed by atoms with van der Waals surface area (Å²) in [6.07, 6.45) is 0. The minimum Gasteiger partial charge on any atom is -0.363 e. The van der Waals surface area contributed by atoms with E-state index >= 15 is 0 Å². The number of piperazine rings is 1. The second kappa shape index (κ2) is 12.5. The average molecular weight is 571 g/mol. The predicted octanol–water partition coefficient (Wildman–Crippen LogP) is 3.54. The highest BCUT2D eigenvalue weighted by Crippen LogP contribution is 2.21. The van der Waals surface area contributed by atoms with Gasteiger partial charge in [-0.15, -0.1) is 0 Å². The Balaban J connectivity index is 1.48. The average Bonchev–Trinajstić information content (AvgIpc) is 3.00. The Labute approximate surface area is 242 Å². The molecule has 5 rings (SSSR count). The smallest absolute Gasteiger partial charge is 0.331 e. The highest BCUT2D eigenvalue weighted by atomic mass is 19.1. The quantitative estimate of drug-likeness (QED) is 0.348. The first-order valence-corrected chi connectivity index (χ1v) is 13.8. The number of rotatable bonds is 8. The number of benzene rings is 3. The molecule has 10 heteroatoms. The molecule has 1 aromatic heterocycles.